The lowest BCUT2D eigenvalue weighted by Gasteiger charge is -2.32. The molecule has 1 N–H and O–H groups in total. The number of pyridine rings is 1. The van der Waals surface area contributed by atoms with Crippen LogP contribution in [-0.2, 0) is 9.59 Å². The summed E-state index contributed by atoms with van der Waals surface area (Å²) in [6.07, 6.45) is 8.28. The van der Waals surface area contributed by atoms with E-state index in [0.29, 0.717) is 18.1 Å². The van der Waals surface area contributed by atoms with Gasteiger partial charge in [-0.05, 0) is 37.8 Å². The van der Waals surface area contributed by atoms with Gasteiger partial charge in [0.05, 0.1) is 17.8 Å². The van der Waals surface area contributed by atoms with E-state index in [-0.39, 0.29) is 23.7 Å². The third-order valence-electron chi connectivity index (χ3n) is 4.70. The zero-order chi connectivity index (χ0) is 17.2. The van der Waals surface area contributed by atoms with Gasteiger partial charge < -0.3 is 10.2 Å². The molecule has 1 saturated heterocycles. The number of amides is 2. The van der Waals surface area contributed by atoms with Crippen LogP contribution in [0.5, 0.6) is 0 Å². The van der Waals surface area contributed by atoms with Gasteiger partial charge in [-0.2, -0.15) is 5.10 Å². The van der Waals surface area contributed by atoms with Crippen molar-refractivity contribution in [2.45, 2.75) is 25.7 Å². The number of piperidine rings is 1. The fourth-order valence-electron chi connectivity index (χ4n) is 3.15. The van der Waals surface area contributed by atoms with E-state index in [0.717, 1.165) is 32.2 Å². The molecule has 0 bridgehead atoms. The Kier molecular flexibility index (Phi) is 4.17. The number of carbonyl (C=O) groups is 2. The molecule has 2 aliphatic rings. The van der Waals surface area contributed by atoms with Crippen LogP contribution in [0.15, 0.2) is 31.0 Å². The lowest BCUT2D eigenvalue weighted by Crippen LogP contribution is -2.44. The first kappa shape index (κ1) is 15.7. The van der Waals surface area contributed by atoms with Gasteiger partial charge in [-0.25, -0.2) is 14.6 Å². The van der Waals surface area contributed by atoms with Gasteiger partial charge in [0.1, 0.15) is 12.7 Å². The van der Waals surface area contributed by atoms with Crippen molar-refractivity contribution < 1.29 is 9.59 Å². The third-order valence-corrected chi connectivity index (χ3v) is 4.70. The van der Waals surface area contributed by atoms with Gasteiger partial charge in [0.25, 0.3) is 0 Å². The number of nitrogens with one attached hydrogen (secondary N) is 1. The highest BCUT2D eigenvalue weighted by molar-refractivity contribution is 5.93. The maximum atomic E-state index is 12.5. The molecule has 0 radical (unpaired) electrons. The number of hydrogen-bond donors (Lipinski definition) is 1. The molecule has 2 fully saturated rings. The van der Waals surface area contributed by atoms with Crippen molar-refractivity contribution in [2.24, 2.45) is 11.8 Å². The molecule has 2 amide bonds. The highest BCUT2D eigenvalue weighted by atomic mass is 16.2. The van der Waals surface area contributed by atoms with Crippen LogP contribution in [0.4, 0.5) is 5.69 Å². The summed E-state index contributed by atoms with van der Waals surface area (Å²) < 4.78 is 1.55. The second-order valence-electron chi connectivity index (χ2n) is 6.63. The first-order valence-electron chi connectivity index (χ1n) is 8.61. The van der Waals surface area contributed by atoms with Gasteiger partial charge in [-0.1, -0.05) is 0 Å². The molecular formula is C17H20N6O2. The van der Waals surface area contributed by atoms with Crippen molar-refractivity contribution in [1.82, 2.24) is 24.6 Å². The Morgan fingerprint density at radius 1 is 1.16 bits per heavy atom. The number of hydrogen-bond acceptors (Lipinski definition) is 5. The minimum absolute atomic E-state index is 0.0522. The molecule has 0 spiro atoms. The predicted molar refractivity (Wildman–Crippen MR) is 89.8 cm³/mol. The zero-order valence-corrected chi connectivity index (χ0v) is 13.8. The van der Waals surface area contributed by atoms with Gasteiger partial charge in [0.15, 0.2) is 5.82 Å². The van der Waals surface area contributed by atoms with Crippen LogP contribution < -0.4 is 5.32 Å². The summed E-state index contributed by atoms with van der Waals surface area (Å²) in [5, 5.41) is 6.92. The Hall–Kier alpha value is -2.77. The van der Waals surface area contributed by atoms with Crippen molar-refractivity contribution in [2.75, 3.05) is 18.4 Å². The summed E-state index contributed by atoms with van der Waals surface area (Å²) in [5.41, 5.74) is 0.638. The summed E-state index contributed by atoms with van der Waals surface area (Å²) >= 11 is 0. The second kappa shape index (κ2) is 6.62. The number of carbonyl (C=O) groups excluding carboxylic acids is 2. The van der Waals surface area contributed by atoms with Crippen LogP contribution in [0.1, 0.15) is 25.7 Å². The van der Waals surface area contributed by atoms with Gasteiger partial charge in [0, 0.05) is 19.0 Å². The van der Waals surface area contributed by atoms with Crippen LogP contribution in [0.25, 0.3) is 5.82 Å². The fraction of sp³-hybridized carbons (Fsp3) is 0.471. The van der Waals surface area contributed by atoms with E-state index in [1.807, 2.05) is 4.90 Å². The molecular weight excluding hydrogens is 320 g/mol. The minimum atomic E-state index is -0.161. The molecule has 1 aliphatic carbocycles. The molecule has 25 heavy (non-hydrogen) atoms. The average Bonchev–Trinajstić information content (AvgIpc) is 3.36. The molecule has 0 unspecified atom stereocenters. The fourth-order valence-corrected chi connectivity index (χ4v) is 3.15. The second-order valence-corrected chi connectivity index (χ2v) is 6.63. The molecule has 8 heteroatoms. The molecule has 0 aromatic carbocycles. The summed E-state index contributed by atoms with van der Waals surface area (Å²) in [5.74, 6) is 0.844. The van der Waals surface area contributed by atoms with Crippen LogP contribution >= 0.6 is 0 Å². The lowest BCUT2D eigenvalue weighted by atomic mass is 9.96. The summed E-state index contributed by atoms with van der Waals surface area (Å²) in [6.45, 7) is 1.29. The molecule has 2 aromatic rings. The number of anilines is 1. The van der Waals surface area contributed by atoms with Gasteiger partial charge in [-0.15, -0.1) is 0 Å². The quantitative estimate of drug-likeness (QED) is 0.904. The van der Waals surface area contributed by atoms with Crippen molar-refractivity contribution in [1.29, 1.82) is 0 Å². The lowest BCUT2D eigenvalue weighted by molar-refractivity contribution is -0.135. The van der Waals surface area contributed by atoms with E-state index in [4.69, 9.17) is 0 Å². The smallest absolute Gasteiger partial charge is 0.229 e. The Morgan fingerprint density at radius 3 is 2.72 bits per heavy atom. The number of nitrogens with zero attached hydrogens (tertiary/aromatic N) is 5. The molecule has 4 rings (SSSR count). The van der Waals surface area contributed by atoms with Crippen molar-refractivity contribution in [3.63, 3.8) is 0 Å². The van der Waals surface area contributed by atoms with E-state index >= 15 is 0 Å². The van der Waals surface area contributed by atoms with Crippen molar-refractivity contribution in [3.05, 3.63) is 31.0 Å². The van der Waals surface area contributed by atoms with Crippen LogP contribution in [0.3, 0.4) is 0 Å². The summed E-state index contributed by atoms with van der Waals surface area (Å²) in [6, 6.07) is 3.56. The normalized spacial score (nSPS) is 20.3. The number of aromatic nitrogens is 4. The Labute approximate surface area is 145 Å². The van der Waals surface area contributed by atoms with Crippen molar-refractivity contribution in [3.8, 4) is 5.82 Å². The molecule has 1 atom stereocenters. The largest absolute Gasteiger partial charge is 0.342 e. The van der Waals surface area contributed by atoms with Gasteiger partial charge in [-0.3, -0.25) is 9.59 Å². The Bertz CT molecular complexity index is 754. The first-order chi connectivity index (χ1) is 12.2. The molecule has 2 aromatic heterocycles. The Balaban J connectivity index is 1.37. The highest BCUT2D eigenvalue weighted by Crippen LogP contribution is 2.32. The van der Waals surface area contributed by atoms with Crippen molar-refractivity contribution >= 4 is 17.5 Å². The Morgan fingerprint density at radius 2 is 2.04 bits per heavy atom. The first-order valence-corrected chi connectivity index (χ1v) is 8.61. The predicted octanol–water partition coefficient (Wildman–Crippen LogP) is 1.25. The maximum absolute atomic E-state index is 12.5. The standard InChI is InChI=1S/C17H20N6O2/c24-16(13-2-1-7-22(9-13)17(25)12-3-4-12)21-14-5-6-15(19-8-14)23-11-18-10-20-23/h5-6,8,10-13H,1-4,7,9H2,(H,21,24)/t13-/m1/s1. The molecule has 8 nitrogen and oxygen atoms in total. The van der Waals surface area contributed by atoms with Gasteiger partial charge >= 0.3 is 0 Å². The molecule has 3 heterocycles. The van der Waals surface area contributed by atoms with E-state index < -0.39 is 0 Å². The third kappa shape index (κ3) is 3.52. The zero-order valence-electron chi connectivity index (χ0n) is 13.8. The van der Waals surface area contributed by atoms with E-state index in [9.17, 15) is 9.59 Å². The number of rotatable bonds is 4. The van der Waals surface area contributed by atoms with Crippen LogP contribution in [-0.4, -0.2) is 49.6 Å². The minimum Gasteiger partial charge on any atom is -0.342 e. The van der Waals surface area contributed by atoms with Crippen LogP contribution in [0, 0.1) is 11.8 Å². The molecule has 1 aliphatic heterocycles. The maximum Gasteiger partial charge on any atom is 0.229 e. The SMILES string of the molecule is O=C(Nc1ccc(-n2cncn2)nc1)[C@@H]1CCCN(C(=O)C2CC2)C1. The molecule has 1 saturated carbocycles. The topological polar surface area (TPSA) is 93.0 Å². The average molecular weight is 340 g/mol. The summed E-state index contributed by atoms with van der Waals surface area (Å²) in [7, 11) is 0. The molecule has 130 valence electrons. The van der Waals surface area contributed by atoms with E-state index in [2.05, 4.69) is 20.4 Å². The van der Waals surface area contributed by atoms with E-state index in [1.165, 1.54) is 6.33 Å². The number of likely N-dealkylation sites (tertiary alicyclic amines) is 1. The van der Waals surface area contributed by atoms with E-state index in [1.54, 1.807) is 29.3 Å². The van der Waals surface area contributed by atoms with Crippen LogP contribution in [0.2, 0.25) is 0 Å². The monoisotopic (exact) mass is 340 g/mol. The summed E-state index contributed by atoms with van der Waals surface area (Å²) in [4.78, 5) is 34.8. The van der Waals surface area contributed by atoms with Gasteiger partial charge in [0.2, 0.25) is 11.8 Å². The highest BCUT2D eigenvalue weighted by Gasteiger charge is 2.36.